The van der Waals surface area contributed by atoms with Crippen LogP contribution >= 0.6 is 0 Å². The van der Waals surface area contributed by atoms with Gasteiger partial charge in [0.25, 0.3) is 5.91 Å². The zero-order chi connectivity index (χ0) is 19.8. The molecule has 6 heteroatoms. The second kappa shape index (κ2) is 9.52. The van der Waals surface area contributed by atoms with Crippen molar-refractivity contribution in [2.45, 2.75) is 33.3 Å². The van der Waals surface area contributed by atoms with Crippen molar-refractivity contribution in [2.75, 3.05) is 11.9 Å². The van der Waals surface area contributed by atoms with Crippen molar-refractivity contribution in [1.82, 2.24) is 0 Å². The van der Waals surface area contributed by atoms with Gasteiger partial charge in [-0.25, -0.2) is 0 Å². The van der Waals surface area contributed by atoms with Crippen molar-refractivity contribution >= 4 is 23.3 Å². The first-order valence-corrected chi connectivity index (χ1v) is 8.66. The number of nitrogens with one attached hydrogen (secondary N) is 1. The maximum Gasteiger partial charge on any atom is 0.310 e. The molecule has 0 spiro atoms. The molecule has 0 fully saturated rings. The lowest BCUT2D eigenvalue weighted by Gasteiger charge is -2.14. The molecule has 0 aliphatic rings. The van der Waals surface area contributed by atoms with Crippen molar-refractivity contribution in [3.63, 3.8) is 0 Å². The number of rotatable bonds is 8. The molecule has 0 aliphatic carbocycles. The summed E-state index contributed by atoms with van der Waals surface area (Å²) in [6.45, 7) is 5.09. The molecule has 142 valence electrons. The molecular weight excluding hydrogens is 346 g/mol. The summed E-state index contributed by atoms with van der Waals surface area (Å²) in [6, 6.07) is 14.0. The van der Waals surface area contributed by atoms with Crippen LogP contribution in [0, 0.1) is 6.92 Å². The van der Waals surface area contributed by atoms with Crippen molar-refractivity contribution < 1.29 is 23.9 Å². The average Bonchev–Trinajstić information content (AvgIpc) is 2.62. The number of anilines is 1. The number of hydrogen-bond acceptors (Lipinski definition) is 5. The standard InChI is InChI=1S/C21H23NO5/c1-14-5-4-6-19(13-14)26-12-11-20(24)27-16(3)21(25)22-18-9-7-17(8-10-18)15(2)23/h4-10,13,16H,11-12H2,1-3H3,(H,22,25)/t16-/m1/s1. The predicted molar refractivity (Wildman–Crippen MR) is 102 cm³/mol. The quantitative estimate of drug-likeness (QED) is 0.568. The Bertz CT molecular complexity index is 814. The third-order valence-corrected chi connectivity index (χ3v) is 3.80. The van der Waals surface area contributed by atoms with E-state index in [0.717, 1.165) is 5.56 Å². The van der Waals surface area contributed by atoms with E-state index in [1.807, 2.05) is 31.2 Å². The molecule has 2 rings (SSSR count). The molecule has 6 nitrogen and oxygen atoms in total. The first-order valence-electron chi connectivity index (χ1n) is 8.66. The Kier molecular flexibility index (Phi) is 7.11. The molecule has 0 heterocycles. The van der Waals surface area contributed by atoms with E-state index < -0.39 is 18.0 Å². The lowest BCUT2D eigenvalue weighted by atomic mass is 10.1. The van der Waals surface area contributed by atoms with Gasteiger partial charge in [0.05, 0.1) is 13.0 Å². The Morgan fingerprint density at radius 1 is 1.07 bits per heavy atom. The molecule has 2 aromatic rings. The molecule has 0 saturated heterocycles. The smallest absolute Gasteiger partial charge is 0.310 e. The summed E-state index contributed by atoms with van der Waals surface area (Å²) < 4.78 is 10.6. The molecule has 1 atom stereocenters. The third-order valence-electron chi connectivity index (χ3n) is 3.80. The van der Waals surface area contributed by atoms with Gasteiger partial charge in [-0.15, -0.1) is 0 Å². The van der Waals surface area contributed by atoms with Crippen LogP contribution in [0.3, 0.4) is 0 Å². The number of aryl methyl sites for hydroxylation is 1. The van der Waals surface area contributed by atoms with E-state index in [2.05, 4.69) is 5.32 Å². The normalized spacial score (nSPS) is 11.4. The topological polar surface area (TPSA) is 81.7 Å². The molecule has 27 heavy (non-hydrogen) atoms. The molecule has 0 unspecified atom stereocenters. The summed E-state index contributed by atoms with van der Waals surface area (Å²) in [6.07, 6.45) is -0.900. The van der Waals surface area contributed by atoms with Crippen molar-refractivity contribution in [3.8, 4) is 5.75 Å². The van der Waals surface area contributed by atoms with E-state index >= 15 is 0 Å². The fourth-order valence-corrected chi connectivity index (χ4v) is 2.30. The van der Waals surface area contributed by atoms with Crippen LogP contribution in [-0.2, 0) is 14.3 Å². The Morgan fingerprint density at radius 2 is 1.78 bits per heavy atom. The third kappa shape index (κ3) is 6.58. The molecule has 1 N–H and O–H groups in total. The zero-order valence-electron chi connectivity index (χ0n) is 15.7. The van der Waals surface area contributed by atoms with Gasteiger partial charge in [-0.05, 0) is 62.7 Å². The minimum atomic E-state index is -0.941. The Morgan fingerprint density at radius 3 is 2.41 bits per heavy atom. The summed E-state index contributed by atoms with van der Waals surface area (Å²) in [5, 5.41) is 2.64. The van der Waals surface area contributed by atoms with Gasteiger partial charge in [0.1, 0.15) is 5.75 Å². The lowest BCUT2D eigenvalue weighted by molar-refractivity contribution is -0.153. The minimum Gasteiger partial charge on any atom is -0.493 e. The number of ether oxygens (including phenoxy) is 2. The Balaban J connectivity index is 1.75. The number of benzene rings is 2. The summed E-state index contributed by atoms with van der Waals surface area (Å²) in [4.78, 5) is 35.2. The van der Waals surface area contributed by atoms with E-state index in [0.29, 0.717) is 17.0 Å². The molecular formula is C21H23NO5. The first kappa shape index (κ1) is 20.2. The Labute approximate surface area is 158 Å². The van der Waals surface area contributed by atoms with E-state index in [1.54, 1.807) is 24.3 Å². The van der Waals surface area contributed by atoms with Crippen molar-refractivity contribution in [1.29, 1.82) is 0 Å². The fourth-order valence-electron chi connectivity index (χ4n) is 2.30. The van der Waals surface area contributed by atoms with Crippen LogP contribution in [0.4, 0.5) is 5.69 Å². The van der Waals surface area contributed by atoms with Crippen molar-refractivity contribution in [2.24, 2.45) is 0 Å². The van der Waals surface area contributed by atoms with Gasteiger partial charge in [0, 0.05) is 11.3 Å². The highest BCUT2D eigenvalue weighted by Crippen LogP contribution is 2.13. The van der Waals surface area contributed by atoms with E-state index in [4.69, 9.17) is 9.47 Å². The highest BCUT2D eigenvalue weighted by molar-refractivity contribution is 5.97. The first-order chi connectivity index (χ1) is 12.8. The van der Waals surface area contributed by atoms with Crippen LogP contribution in [0.5, 0.6) is 5.75 Å². The van der Waals surface area contributed by atoms with Gasteiger partial charge in [-0.2, -0.15) is 0 Å². The maximum absolute atomic E-state index is 12.1. The molecule has 2 aromatic carbocycles. The Hall–Kier alpha value is -3.15. The van der Waals surface area contributed by atoms with Gasteiger partial charge in [-0.3, -0.25) is 14.4 Å². The van der Waals surface area contributed by atoms with Crippen LogP contribution in [0.25, 0.3) is 0 Å². The number of carbonyl (C=O) groups excluding carboxylic acids is 3. The second-order valence-corrected chi connectivity index (χ2v) is 6.17. The number of hydrogen-bond donors (Lipinski definition) is 1. The van der Waals surface area contributed by atoms with Crippen LogP contribution < -0.4 is 10.1 Å². The summed E-state index contributed by atoms with van der Waals surface area (Å²) in [5.41, 5.74) is 2.15. The van der Waals surface area contributed by atoms with E-state index in [1.165, 1.54) is 13.8 Å². The molecule has 1 amide bonds. The van der Waals surface area contributed by atoms with Crippen molar-refractivity contribution in [3.05, 3.63) is 59.7 Å². The number of carbonyl (C=O) groups is 3. The molecule has 0 aliphatic heterocycles. The molecule has 0 aromatic heterocycles. The predicted octanol–water partition coefficient (Wildman–Crippen LogP) is 3.54. The monoisotopic (exact) mass is 369 g/mol. The van der Waals surface area contributed by atoms with E-state index in [9.17, 15) is 14.4 Å². The largest absolute Gasteiger partial charge is 0.493 e. The van der Waals surface area contributed by atoms with Gasteiger partial charge in [-0.1, -0.05) is 12.1 Å². The minimum absolute atomic E-state index is 0.0405. The van der Waals surface area contributed by atoms with Gasteiger partial charge < -0.3 is 14.8 Å². The molecule has 0 saturated carbocycles. The van der Waals surface area contributed by atoms with Gasteiger partial charge >= 0.3 is 5.97 Å². The summed E-state index contributed by atoms with van der Waals surface area (Å²) >= 11 is 0. The summed E-state index contributed by atoms with van der Waals surface area (Å²) in [5.74, 6) is -0.332. The lowest BCUT2D eigenvalue weighted by Crippen LogP contribution is -2.30. The maximum atomic E-state index is 12.1. The highest BCUT2D eigenvalue weighted by Gasteiger charge is 2.18. The molecule has 0 bridgehead atoms. The average molecular weight is 369 g/mol. The zero-order valence-corrected chi connectivity index (χ0v) is 15.7. The van der Waals surface area contributed by atoms with Crippen LogP contribution in [0.1, 0.15) is 36.2 Å². The fraction of sp³-hybridized carbons (Fsp3) is 0.286. The number of esters is 1. The van der Waals surface area contributed by atoms with Crippen LogP contribution in [0.2, 0.25) is 0 Å². The van der Waals surface area contributed by atoms with Crippen LogP contribution in [-0.4, -0.2) is 30.4 Å². The van der Waals surface area contributed by atoms with Crippen LogP contribution in [0.15, 0.2) is 48.5 Å². The molecule has 0 radical (unpaired) electrons. The number of amides is 1. The summed E-state index contributed by atoms with van der Waals surface area (Å²) in [7, 11) is 0. The number of ketones is 1. The number of Topliss-reactive ketones (excluding diaryl/α,β-unsaturated/α-hetero) is 1. The SMILES string of the molecule is CC(=O)c1ccc(NC(=O)[C@@H](C)OC(=O)CCOc2cccc(C)c2)cc1. The highest BCUT2D eigenvalue weighted by atomic mass is 16.5. The van der Waals surface area contributed by atoms with Gasteiger partial charge in [0.15, 0.2) is 11.9 Å². The van der Waals surface area contributed by atoms with E-state index in [-0.39, 0.29) is 18.8 Å². The second-order valence-electron chi connectivity index (χ2n) is 6.17. The van der Waals surface area contributed by atoms with Gasteiger partial charge in [0.2, 0.25) is 0 Å².